The van der Waals surface area contributed by atoms with Gasteiger partial charge in [0, 0.05) is 68.9 Å². The van der Waals surface area contributed by atoms with E-state index < -0.39 is 48.3 Å². The minimum absolute atomic E-state index is 0.0171. The van der Waals surface area contributed by atoms with E-state index in [1.54, 1.807) is 4.90 Å². The van der Waals surface area contributed by atoms with Gasteiger partial charge in [-0.2, -0.15) is 15.2 Å². The summed E-state index contributed by atoms with van der Waals surface area (Å²) >= 11 is 7.91. The third-order valence-electron chi connectivity index (χ3n) is 11.3. The Bertz CT molecular complexity index is 2190. The van der Waals surface area contributed by atoms with Crippen LogP contribution < -0.4 is 20.1 Å². The Labute approximate surface area is 310 Å². The molecule has 4 aliphatic rings. The number of nitrogens with zero attached hydrogens (tertiary/aromatic N) is 6. The maximum Gasteiger partial charge on any atom is 0.319 e. The normalized spacial score (nSPS) is 24.8. The lowest BCUT2D eigenvalue weighted by Gasteiger charge is -2.41. The lowest BCUT2D eigenvalue weighted by molar-refractivity contribution is -0.133. The van der Waals surface area contributed by atoms with E-state index >= 15 is 8.78 Å². The second kappa shape index (κ2) is 13.6. The Morgan fingerprint density at radius 3 is 2.81 bits per heavy atom. The zero-order chi connectivity index (χ0) is 37.3. The zero-order valence-corrected chi connectivity index (χ0v) is 30.2. The highest BCUT2D eigenvalue weighted by molar-refractivity contribution is 7.23. The number of halogens is 6. The Balaban J connectivity index is 1.34. The van der Waals surface area contributed by atoms with E-state index in [4.69, 9.17) is 31.8 Å². The number of rotatable bonds is 6. The number of anilines is 2. The van der Waals surface area contributed by atoms with Crippen molar-refractivity contribution in [3.63, 3.8) is 0 Å². The number of alkyl halides is 3. The zero-order valence-electron chi connectivity index (χ0n) is 28.6. The van der Waals surface area contributed by atoms with Gasteiger partial charge in [0.2, 0.25) is 12.3 Å². The highest BCUT2D eigenvalue weighted by Crippen LogP contribution is 2.51. The molecule has 1 amide bonds. The summed E-state index contributed by atoms with van der Waals surface area (Å²) in [5.74, 6) is -1.76. The van der Waals surface area contributed by atoms with Gasteiger partial charge in [0.25, 0.3) is 0 Å². The van der Waals surface area contributed by atoms with E-state index in [2.05, 4.69) is 9.88 Å². The molecule has 4 atom stereocenters. The van der Waals surface area contributed by atoms with Gasteiger partial charge in [0.1, 0.15) is 41.0 Å². The number of benzene rings is 2. The van der Waals surface area contributed by atoms with Crippen LogP contribution in [0.4, 0.5) is 32.8 Å². The average Bonchev–Trinajstić information content (AvgIpc) is 3.76. The Morgan fingerprint density at radius 1 is 1.23 bits per heavy atom. The quantitative estimate of drug-likeness (QED) is 0.205. The number of nitriles is 1. The highest BCUT2D eigenvalue weighted by atomic mass is 35.5. The fourth-order valence-electron chi connectivity index (χ4n) is 8.67. The maximum atomic E-state index is 17.4. The summed E-state index contributed by atoms with van der Waals surface area (Å²) in [5.41, 5.74) is 5.10. The molecule has 0 radical (unpaired) electrons. The minimum Gasteiger partial charge on any atom is -0.491 e. The van der Waals surface area contributed by atoms with Crippen molar-refractivity contribution >= 4 is 60.7 Å². The van der Waals surface area contributed by atoms with Crippen molar-refractivity contribution in [3.05, 3.63) is 34.4 Å². The van der Waals surface area contributed by atoms with Crippen molar-refractivity contribution in [2.75, 3.05) is 50.5 Å². The van der Waals surface area contributed by atoms with Crippen molar-refractivity contribution in [1.29, 1.82) is 5.26 Å². The largest absolute Gasteiger partial charge is 0.491 e. The minimum atomic E-state index is -2.64. The van der Waals surface area contributed by atoms with Crippen LogP contribution in [0.5, 0.6) is 11.8 Å². The van der Waals surface area contributed by atoms with Crippen LogP contribution in [0.3, 0.4) is 0 Å². The molecule has 2 aromatic carbocycles. The van der Waals surface area contributed by atoms with E-state index in [0.29, 0.717) is 19.4 Å². The third-order valence-corrected chi connectivity index (χ3v) is 12.7. The molecule has 4 aliphatic heterocycles. The summed E-state index contributed by atoms with van der Waals surface area (Å²) in [6.45, 7) is 1.24. The van der Waals surface area contributed by atoms with Gasteiger partial charge in [-0.1, -0.05) is 17.7 Å². The van der Waals surface area contributed by atoms with Crippen LogP contribution in [0.1, 0.15) is 50.5 Å². The summed E-state index contributed by atoms with van der Waals surface area (Å²) < 4.78 is 87.1. The van der Waals surface area contributed by atoms with E-state index in [9.17, 15) is 23.2 Å². The topological polar surface area (TPSA) is 121 Å². The average molecular weight is 776 g/mol. The van der Waals surface area contributed by atoms with Gasteiger partial charge in [-0.15, -0.1) is 11.3 Å². The number of thiophene rings is 1. The first-order valence-corrected chi connectivity index (χ1v) is 18.7. The van der Waals surface area contributed by atoms with Crippen LogP contribution in [0.15, 0.2) is 12.1 Å². The van der Waals surface area contributed by atoms with Crippen molar-refractivity contribution in [3.8, 4) is 29.0 Å². The van der Waals surface area contributed by atoms with Gasteiger partial charge in [-0.3, -0.25) is 9.69 Å². The van der Waals surface area contributed by atoms with Crippen molar-refractivity contribution in [2.24, 2.45) is 0 Å². The standard InChI is InChI=1S/C36H35ClF5N7O3S/c1-47-18(11-23(40)41)5-9-49-19(12-24(47)50)6-10-51-31-27-30(45-35(46-34(27)49)52-16-36-7-2-8-48(36)15-17(38)13-36)29(42)26(28(31)37)20-3-4-22(39)32-25(20)21(14-43)33(44)53-32/h3-4,17-19,23H,2,5-13,15-16,44H2,1H3/t17-,18?,19?,36?/m1/s1. The number of ether oxygens (including phenoxy) is 2. The molecular weight excluding hydrogens is 741 g/mol. The third kappa shape index (κ3) is 5.95. The van der Waals surface area contributed by atoms with E-state index in [1.165, 1.54) is 18.0 Å². The fourth-order valence-corrected chi connectivity index (χ4v) is 9.96. The number of amides is 1. The number of nitrogens with two attached hydrogens (primary N) is 1. The Morgan fingerprint density at radius 2 is 2.04 bits per heavy atom. The van der Waals surface area contributed by atoms with Gasteiger partial charge in [0.15, 0.2) is 11.6 Å². The van der Waals surface area contributed by atoms with E-state index in [-0.39, 0.29) is 117 Å². The molecule has 0 aliphatic carbocycles. The van der Waals surface area contributed by atoms with E-state index in [0.717, 1.165) is 23.8 Å². The maximum absolute atomic E-state index is 17.4. The van der Waals surface area contributed by atoms with Gasteiger partial charge in [-0.05, 0) is 37.4 Å². The predicted molar refractivity (Wildman–Crippen MR) is 191 cm³/mol. The molecule has 3 fully saturated rings. The molecule has 2 N–H and O–H groups in total. The van der Waals surface area contributed by atoms with Gasteiger partial charge in [-0.25, -0.2) is 22.0 Å². The van der Waals surface area contributed by atoms with Crippen LogP contribution in [-0.2, 0) is 4.79 Å². The molecule has 0 spiro atoms. The van der Waals surface area contributed by atoms with Crippen LogP contribution >= 0.6 is 22.9 Å². The molecule has 6 heterocycles. The molecule has 8 rings (SSSR count). The molecule has 3 saturated heterocycles. The van der Waals surface area contributed by atoms with Crippen molar-refractivity contribution in [2.45, 2.75) is 75.2 Å². The first-order valence-electron chi connectivity index (χ1n) is 17.5. The number of carbonyl (C=O) groups is 1. The van der Waals surface area contributed by atoms with Crippen LogP contribution in [0.25, 0.3) is 32.1 Å². The molecule has 2 aromatic heterocycles. The molecule has 17 heteroatoms. The van der Waals surface area contributed by atoms with Crippen molar-refractivity contribution < 1.29 is 36.2 Å². The molecule has 53 heavy (non-hydrogen) atoms. The number of hydrogen-bond acceptors (Lipinski definition) is 10. The first kappa shape index (κ1) is 35.8. The monoisotopic (exact) mass is 775 g/mol. The number of fused-ring (bicyclic) bond motifs is 4. The summed E-state index contributed by atoms with van der Waals surface area (Å²) in [4.78, 5) is 28.0. The summed E-state index contributed by atoms with van der Waals surface area (Å²) in [6.07, 6.45) is -1.96. The Hall–Kier alpha value is -4.20. The van der Waals surface area contributed by atoms with Gasteiger partial charge in [0.05, 0.1) is 32.8 Å². The van der Waals surface area contributed by atoms with Crippen LogP contribution in [0.2, 0.25) is 5.02 Å². The second-order valence-corrected chi connectivity index (χ2v) is 15.7. The Kier molecular flexibility index (Phi) is 9.18. The summed E-state index contributed by atoms with van der Waals surface area (Å²) in [5, 5.41) is 10.00. The number of aromatic nitrogens is 2. The SMILES string of the molecule is CN1C(=O)CC2CCOc3c(Cl)c(-c4ccc(F)c5sc(N)c(C#N)c45)c(F)c4nc(OCC56CCCN5C[C@H](F)C6)nc(c34)N2CCC1CC(F)F. The number of nitrogen functional groups attached to an aromatic ring is 1. The predicted octanol–water partition coefficient (Wildman–Crippen LogP) is 7.09. The highest BCUT2D eigenvalue weighted by Gasteiger charge is 2.49. The van der Waals surface area contributed by atoms with Crippen molar-refractivity contribution in [1.82, 2.24) is 19.8 Å². The molecule has 0 saturated carbocycles. The van der Waals surface area contributed by atoms with Gasteiger partial charge >= 0.3 is 6.01 Å². The lowest BCUT2D eigenvalue weighted by Crippen LogP contribution is -2.50. The summed E-state index contributed by atoms with van der Waals surface area (Å²) in [6, 6.07) is 2.95. The summed E-state index contributed by atoms with van der Waals surface area (Å²) in [7, 11) is 1.52. The second-order valence-electron chi connectivity index (χ2n) is 14.3. The lowest BCUT2D eigenvalue weighted by atomic mass is 9.95. The first-order chi connectivity index (χ1) is 25.4. The smallest absolute Gasteiger partial charge is 0.319 e. The molecule has 0 bridgehead atoms. The van der Waals surface area contributed by atoms with Crippen LogP contribution in [0, 0.1) is 23.0 Å². The number of hydrogen-bond donors (Lipinski definition) is 1. The molecule has 3 unspecified atom stereocenters. The number of carbonyl (C=O) groups excluding carboxylic acids is 1. The fraction of sp³-hybridized carbons (Fsp3) is 0.500. The molecule has 280 valence electrons. The molecule has 10 nitrogen and oxygen atoms in total. The van der Waals surface area contributed by atoms with Crippen LogP contribution in [-0.4, -0.2) is 95.8 Å². The molecular formula is C36H35ClF5N7O3S. The molecule has 4 aromatic rings. The van der Waals surface area contributed by atoms with E-state index in [1.807, 2.05) is 6.07 Å². The van der Waals surface area contributed by atoms with Gasteiger partial charge < -0.3 is 25.0 Å².